The zero-order chi connectivity index (χ0) is 26.6. The number of aromatic nitrogens is 5. The van der Waals surface area contributed by atoms with Gasteiger partial charge in [0.25, 0.3) is 0 Å². The van der Waals surface area contributed by atoms with E-state index >= 15 is 0 Å². The van der Waals surface area contributed by atoms with Gasteiger partial charge >= 0.3 is 4.87 Å². The van der Waals surface area contributed by atoms with E-state index in [0.717, 1.165) is 17.4 Å². The Hall–Kier alpha value is -3.53. The van der Waals surface area contributed by atoms with Gasteiger partial charge in [-0.15, -0.1) is 5.10 Å². The number of fused-ring (bicyclic) bond motifs is 3. The molecule has 0 saturated carbocycles. The molecule has 1 saturated heterocycles. The fourth-order valence-electron chi connectivity index (χ4n) is 4.57. The number of nitrogens with two attached hydrogens (primary N) is 1. The number of piperazine rings is 1. The average Bonchev–Trinajstić information content (AvgIpc) is 3.62. The first-order valence-electron chi connectivity index (χ1n) is 11.7. The summed E-state index contributed by atoms with van der Waals surface area (Å²) in [5.74, 6) is -0.566. The van der Waals surface area contributed by atoms with E-state index in [0.29, 0.717) is 66.8 Å². The smallest absolute Gasteiger partial charge is 0.309 e. The molecule has 0 bridgehead atoms. The highest BCUT2D eigenvalue weighted by Gasteiger charge is 2.25. The van der Waals surface area contributed by atoms with Crippen LogP contribution in [-0.2, 0) is 17.7 Å². The number of nitrogen functional groups attached to an aromatic ring is 1. The van der Waals surface area contributed by atoms with Crippen LogP contribution in [0.25, 0.3) is 27.6 Å². The maximum Gasteiger partial charge on any atom is 0.309 e. The molecule has 5 heterocycles. The van der Waals surface area contributed by atoms with Crippen LogP contribution in [0.2, 0.25) is 0 Å². The number of thiazole rings is 1. The minimum Gasteiger partial charge on any atom is -0.612 e. The molecule has 15 heteroatoms. The number of hydrogen-bond donors (Lipinski definition) is 1. The second-order valence-corrected chi connectivity index (χ2v) is 11.1. The Morgan fingerprint density at radius 3 is 2.63 bits per heavy atom. The molecule has 1 aliphatic rings. The van der Waals surface area contributed by atoms with E-state index in [1.165, 1.54) is 23.1 Å². The van der Waals surface area contributed by atoms with Gasteiger partial charge in [0, 0.05) is 51.4 Å². The lowest BCUT2D eigenvalue weighted by Crippen LogP contribution is -2.47. The third-order valence-electron chi connectivity index (χ3n) is 6.52. The number of anilines is 2. The highest BCUT2D eigenvalue weighted by Crippen LogP contribution is 2.28. The van der Waals surface area contributed by atoms with Crippen molar-refractivity contribution in [2.24, 2.45) is 0 Å². The fourth-order valence-corrected chi connectivity index (χ4v) is 6.11. The van der Waals surface area contributed by atoms with Gasteiger partial charge in [0.2, 0.25) is 11.8 Å². The van der Waals surface area contributed by atoms with Crippen molar-refractivity contribution in [1.29, 1.82) is 0 Å². The van der Waals surface area contributed by atoms with Crippen LogP contribution in [0.4, 0.5) is 20.4 Å². The molecule has 1 fully saturated rings. The number of halogens is 2. The standard InChI is InChI=1S/C23H22F2N8O3S2/c1-38(35)17-12-15(13(24)11-14(17)25)31-7-4-30(5-8-31)6-9-32-20-18(37-23(32)34)21-27-19(16-3-2-10-36-16)29-33(21)22(26)28-20/h2-3,10-12H,4-9H2,1H3,(H2,26,28)/t38-/m0/s1. The molecule has 198 valence electrons. The van der Waals surface area contributed by atoms with Gasteiger partial charge in [-0.25, -0.2) is 13.8 Å². The second-order valence-electron chi connectivity index (χ2n) is 8.81. The third-order valence-corrected chi connectivity index (χ3v) is 8.42. The second kappa shape index (κ2) is 9.65. The number of rotatable bonds is 6. The molecule has 5 aromatic rings. The lowest BCUT2D eigenvalue weighted by Gasteiger charge is -2.36. The molecule has 1 atom stereocenters. The molecular weight excluding hydrogens is 538 g/mol. The summed E-state index contributed by atoms with van der Waals surface area (Å²) in [7, 11) is 0. The monoisotopic (exact) mass is 560 g/mol. The summed E-state index contributed by atoms with van der Waals surface area (Å²) in [6.07, 6.45) is 2.89. The van der Waals surface area contributed by atoms with E-state index in [1.54, 1.807) is 16.7 Å². The first-order valence-corrected chi connectivity index (χ1v) is 14.1. The van der Waals surface area contributed by atoms with Gasteiger partial charge in [-0.1, -0.05) is 11.3 Å². The molecule has 0 radical (unpaired) electrons. The number of furan rings is 1. The van der Waals surface area contributed by atoms with Crippen molar-refractivity contribution in [2.75, 3.05) is 49.6 Å². The van der Waals surface area contributed by atoms with Crippen LogP contribution in [0.3, 0.4) is 0 Å². The highest BCUT2D eigenvalue weighted by atomic mass is 32.2. The molecule has 1 aromatic carbocycles. The Bertz CT molecular complexity index is 1690. The van der Waals surface area contributed by atoms with Crippen LogP contribution in [-0.4, -0.2) is 72.6 Å². The lowest BCUT2D eigenvalue weighted by atomic mass is 10.2. The van der Waals surface area contributed by atoms with Gasteiger partial charge in [-0.05, 0) is 23.3 Å². The molecule has 6 rings (SSSR count). The Morgan fingerprint density at radius 2 is 1.92 bits per heavy atom. The summed E-state index contributed by atoms with van der Waals surface area (Å²) in [4.78, 5) is 25.6. The summed E-state index contributed by atoms with van der Waals surface area (Å²) >= 11 is -0.532. The van der Waals surface area contributed by atoms with Crippen molar-refractivity contribution in [1.82, 2.24) is 29.0 Å². The van der Waals surface area contributed by atoms with Crippen molar-refractivity contribution >= 4 is 50.1 Å². The average molecular weight is 561 g/mol. The maximum atomic E-state index is 14.5. The minimum absolute atomic E-state index is 0.0163. The van der Waals surface area contributed by atoms with Crippen molar-refractivity contribution in [2.45, 2.75) is 11.4 Å². The zero-order valence-electron chi connectivity index (χ0n) is 20.1. The highest BCUT2D eigenvalue weighted by molar-refractivity contribution is 7.90. The van der Waals surface area contributed by atoms with Crippen molar-refractivity contribution in [3.05, 3.63) is 51.8 Å². The number of benzene rings is 1. The normalized spacial score (nSPS) is 15.6. The van der Waals surface area contributed by atoms with E-state index in [-0.39, 0.29) is 21.4 Å². The molecule has 2 N–H and O–H groups in total. The minimum atomic E-state index is -1.56. The van der Waals surface area contributed by atoms with Gasteiger partial charge in [0.15, 0.2) is 27.8 Å². The largest absolute Gasteiger partial charge is 0.612 e. The zero-order valence-corrected chi connectivity index (χ0v) is 21.8. The Labute approximate surface area is 221 Å². The van der Waals surface area contributed by atoms with Crippen molar-refractivity contribution in [3.63, 3.8) is 0 Å². The molecule has 0 spiro atoms. The van der Waals surface area contributed by atoms with E-state index in [4.69, 9.17) is 10.2 Å². The predicted octanol–water partition coefficient (Wildman–Crippen LogP) is 2.18. The van der Waals surface area contributed by atoms with Crippen molar-refractivity contribution in [3.8, 4) is 11.6 Å². The van der Waals surface area contributed by atoms with E-state index in [1.807, 2.05) is 4.90 Å². The maximum absolute atomic E-state index is 14.5. The van der Waals surface area contributed by atoms with Crippen LogP contribution in [0.5, 0.6) is 0 Å². The predicted molar refractivity (Wildman–Crippen MR) is 140 cm³/mol. The third kappa shape index (κ3) is 4.30. The van der Waals surface area contributed by atoms with Crippen molar-refractivity contribution < 1.29 is 17.8 Å². The summed E-state index contributed by atoms with van der Waals surface area (Å²) in [6.45, 7) is 3.15. The quantitative estimate of drug-likeness (QED) is 0.310. The van der Waals surface area contributed by atoms with E-state index in [9.17, 15) is 18.1 Å². The van der Waals surface area contributed by atoms with Crippen LogP contribution < -0.4 is 15.5 Å². The molecule has 1 aliphatic heterocycles. The molecule has 38 heavy (non-hydrogen) atoms. The number of hydrogen-bond acceptors (Lipinski definition) is 10. The molecule has 11 nitrogen and oxygen atoms in total. The molecule has 0 amide bonds. The topological polar surface area (TPSA) is 134 Å². The first kappa shape index (κ1) is 24.8. The fraction of sp³-hybridized carbons (Fsp3) is 0.304. The van der Waals surface area contributed by atoms with Crippen LogP contribution in [0, 0.1) is 11.6 Å². The van der Waals surface area contributed by atoms with Gasteiger partial charge in [-0.3, -0.25) is 14.3 Å². The first-order chi connectivity index (χ1) is 18.3. The summed E-state index contributed by atoms with van der Waals surface area (Å²) in [6, 6.07) is 5.58. The van der Waals surface area contributed by atoms with Gasteiger partial charge in [0.1, 0.15) is 16.8 Å². The van der Waals surface area contributed by atoms with E-state index < -0.39 is 22.8 Å². The van der Waals surface area contributed by atoms with E-state index in [2.05, 4.69) is 20.0 Å². The molecular formula is C23H22F2N8O3S2. The van der Waals surface area contributed by atoms with Crippen LogP contribution >= 0.6 is 11.3 Å². The van der Waals surface area contributed by atoms with Gasteiger partial charge in [-0.2, -0.15) is 9.50 Å². The summed E-state index contributed by atoms with van der Waals surface area (Å²) in [5.41, 5.74) is 7.26. The van der Waals surface area contributed by atoms with Crippen LogP contribution in [0.1, 0.15) is 0 Å². The molecule has 4 aromatic heterocycles. The Kier molecular flexibility index (Phi) is 6.29. The Balaban J connectivity index is 1.19. The summed E-state index contributed by atoms with van der Waals surface area (Å²) in [5, 5.41) is 4.36. The summed E-state index contributed by atoms with van der Waals surface area (Å²) < 4.78 is 49.1. The lowest BCUT2D eigenvalue weighted by molar-refractivity contribution is 0.248. The molecule has 0 unspecified atom stereocenters. The van der Waals surface area contributed by atoms with Crippen LogP contribution in [0.15, 0.2) is 44.6 Å². The molecule has 0 aliphatic carbocycles. The van der Waals surface area contributed by atoms with Gasteiger partial charge in [0.05, 0.1) is 12.0 Å². The van der Waals surface area contributed by atoms with Gasteiger partial charge < -0.3 is 19.6 Å². The SMILES string of the molecule is C[S@+]([O-])c1cc(N2CCN(CCn3c(=O)sc4c3nc(N)n3nc(-c5ccco5)nc43)CC2)c(F)cc1F. The Morgan fingerprint density at radius 1 is 1.13 bits per heavy atom. The number of nitrogens with zero attached hydrogens (tertiary/aromatic N) is 7.